The van der Waals surface area contributed by atoms with Crippen molar-refractivity contribution in [3.8, 4) is 0 Å². The summed E-state index contributed by atoms with van der Waals surface area (Å²) in [6, 6.07) is -0.646. The highest BCUT2D eigenvalue weighted by Gasteiger charge is 2.30. The summed E-state index contributed by atoms with van der Waals surface area (Å²) < 4.78 is 4.69. The molecule has 0 aromatic rings. The van der Waals surface area contributed by atoms with Gasteiger partial charge in [-0.05, 0) is 6.08 Å². The number of hydrogen-bond acceptors (Lipinski definition) is 3. The van der Waals surface area contributed by atoms with Crippen LogP contribution in [0.15, 0.2) is 36.6 Å². The van der Waals surface area contributed by atoms with Gasteiger partial charge in [0.05, 0.1) is 25.0 Å². The molecule has 5 heteroatoms. The molecule has 5 nitrogen and oxygen atoms in total. The molecular formula is C11H13NO4. The minimum atomic E-state index is -1.13. The first-order valence-electron chi connectivity index (χ1n) is 4.67. The van der Waals surface area contributed by atoms with E-state index in [4.69, 9.17) is 9.84 Å². The summed E-state index contributed by atoms with van der Waals surface area (Å²) in [4.78, 5) is 22.2. The van der Waals surface area contributed by atoms with Gasteiger partial charge in [-0.2, -0.15) is 0 Å². The van der Waals surface area contributed by atoms with Crippen molar-refractivity contribution >= 4 is 11.9 Å². The zero-order valence-corrected chi connectivity index (χ0v) is 8.84. The number of hydrogen-bond donors (Lipinski definition) is 2. The minimum Gasteiger partial charge on any atom is -0.504 e. The Kier molecular flexibility index (Phi) is 3.88. The normalized spacial score (nSPS) is 24.8. The number of carbonyl (C=O) groups excluding carboxylic acids is 1. The first-order valence-corrected chi connectivity index (χ1v) is 4.67. The molecule has 2 N–H and O–H groups in total. The van der Waals surface area contributed by atoms with Gasteiger partial charge in [0.25, 0.3) is 0 Å². The maximum atomic E-state index is 11.2. The fourth-order valence-electron chi connectivity index (χ4n) is 1.49. The van der Waals surface area contributed by atoms with E-state index in [2.05, 4.69) is 11.9 Å². The van der Waals surface area contributed by atoms with E-state index in [9.17, 15) is 9.59 Å². The van der Waals surface area contributed by atoms with Crippen LogP contribution in [0.4, 0.5) is 0 Å². The van der Waals surface area contributed by atoms with E-state index < -0.39 is 12.0 Å². The number of amides is 1. The molecule has 0 radical (unpaired) electrons. The van der Waals surface area contributed by atoms with Crippen molar-refractivity contribution in [2.75, 3.05) is 7.11 Å². The van der Waals surface area contributed by atoms with Gasteiger partial charge in [0.2, 0.25) is 5.91 Å². The van der Waals surface area contributed by atoms with Crippen LogP contribution in [0.1, 0.15) is 0 Å². The molecule has 1 aliphatic heterocycles. The molecule has 1 aliphatic rings. The minimum absolute atomic E-state index is 0.00917. The lowest BCUT2D eigenvalue weighted by Gasteiger charge is -2.26. The molecule has 0 saturated heterocycles. The van der Waals surface area contributed by atoms with Crippen molar-refractivity contribution in [1.82, 2.24) is 5.32 Å². The number of nitrogens with one attached hydrogen (secondary N) is 1. The number of carboxylic acids is 1. The third-order valence-electron chi connectivity index (χ3n) is 2.25. The van der Waals surface area contributed by atoms with Gasteiger partial charge in [0.15, 0.2) is 0 Å². The maximum absolute atomic E-state index is 11.2. The highest BCUT2D eigenvalue weighted by Crippen LogP contribution is 2.19. The summed E-state index contributed by atoms with van der Waals surface area (Å²) in [5, 5.41) is 11.6. The fourth-order valence-corrected chi connectivity index (χ4v) is 1.49. The molecule has 1 heterocycles. The zero-order valence-electron chi connectivity index (χ0n) is 8.84. The second kappa shape index (κ2) is 5.16. The van der Waals surface area contributed by atoms with Crippen molar-refractivity contribution in [3.63, 3.8) is 0 Å². The Balaban J connectivity index is 3.03. The molecule has 1 amide bonds. The number of aliphatic carboxylic acids is 1. The van der Waals surface area contributed by atoms with Crippen LogP contribution in [0, 0.1) is 5.92 Å². The van der Waals surface area contributed by atoms with Gasteiger partial charge in [-0.25, -0.2) is 4.79 Å². The van der Waals surface area contributed by atoms with Gasteiger partial charge < -0.3 is 15.2 Å². The Bertz CT molecular complexity index is 370. The molecule has 0 aromatic carbocycles. The first-order chi connectivity index (χ1) is 7.60. The number of ether oxygens (including phenoxy) is 1. The molecule has 0 fully saturated rings. The van der Waals surface area contributed by atoms with E-state index in [1.165, 1.54) is 13.2 Å². The summed E-state index contributed by atoms with van der Waals surface area (Å²) in [5.74, 6) is -1.71. The predicted octanol–water partition coefficient (Wildman–Crippen LogP) is 0.458. The Labute approximate surface area is 93.1 Å². The fraction of sp³-hybridized carbons (Fsp3) is 0.273. The third-order valence-corrected chi connectivity index (χ3v) is 2.25. The van der Waals surface area contributed by atoms with Gasteiger partial charge in [-0.1, -0.05) is 12.2 Å². The second-order valence-corrected chi connectivity index (χ2v) is 3.27. The SMILES string of the molecule is C=CC1C=CC(=O)NC1/C(=C/OC)C(=O)O. The third kappa shape index (κ3) is 2.50. The number of carbonyl (C=O) groups is 2. The highest BCUT2D eigenvalue weighted by atomic mass is 16.5. The van der Waals surface area contributed by atoms with Crippen LogP contribution in [-0.2, 0) is 14.3 Å². The predicted molar refractivity (Wildman–Crippen MR) is 57.5 cm³/mol. The molecular weight excluding hydrogens is 210 g/mol. The Hall–Kier alpha value is -2.04. The highest BCUT2D eigenvalue weighted by molar-refractivity contribution is 5.93. The van der Waals surface area contributed by atoms with Gasteiger partial charge >= 0.3 is 5.97 Å². The molecule has 2 unspecified atom stereocenters. The van der Waals surface area contributed by atoms with Crippen LogP contribution in [0.2, 0.25) is 0 Å². The zero-order chi connectivity index (χ0) is 12.1. The van der Waals surface area contributed by atoms with Crippen LogP contribution in [0.3, 0.4) is 0 Å². The molecule has 0 spiro atoms. The lowest BCUT2D eigenvalue weighted by atomic mass is 9.90. The Morgan fingerprint density at radius 1 is 1.69 bits per heavy atom. The molecule has 86 valence electrons. The first kappa shape index (κ1) is 12.0. The van der Waals surface area contributed by atoms with E-state index in [-0.39, 0.29) is 17.4 Å². The number of carboxylic acid groups (broad SMARTS) is 1. The van der Waals surface area contributed by atoms with Gasteiger partial charge in [-0.3, -0.25) is 4.79 Å². The summed E-state index contributed by atoms with van der Waals surface area (Å²) in [5.41, 5.74) is -0.00917. The van der Waals surface area contributed by atoms with Crippen molar-refractivity contribution in [3.05, 3.63) is 36.6 Å². The lowest BCUT2D eigenvalue weighted by molar-refractivity contribution is -0.133. The van der Waals surface area contributed by atoms with E-state index in [1.54, 1.807) is 12.2 Å². The van der Waals surface area contributed by atoms with E-state index in [1.807, 2.05) is 0 Å². The van der Waals surface area contributed by atoms with Gasteiger partial charge in [-0.15, -0.1) is 6.58 Å². The largest absolute Gasteiger partial charge is 0.504 e. The van der Waals surface area contributed by atoms with Gasteiger partial charge in [0, 0.05) is 5.92 Å². The van der Waals surface area contributed by atoms with Crippen molar-refractivity contribution in [1.29, 1.82) is 0 Å². The van der Waals surface area contributed by atoms with E-state index in [0.717, 1.165) is 6.26 Å². The van der Waals surface area contributed by atoms with Crippen molar-refractivity contribution in [2.24, 2.45) is 5.92 Å². The molecule has 0 bridgehead atoms. The summed E-state index contributed by atoms with van der Waals surface area (Å²) in [6.07, 6.45) is 5.66. The Morgan fingerprint density at radius 2 is 2.38 bits per heavy atom. The van der Waals surface area contributed by atoms with Gasteiger partial charge in [0.1, 0.15) is 0 Å². The summed E-state index contributed by atoms with van der Waals surface area (Å²) in [6.45, 7) is 3.60. The average molecular weight is 223 g/mol. The molecule has 16 heavy (non-hydrogen) atoms. The number of rotatable bonds is 4. The summed E-state index contributed by atoms with van der Waals surface area (Å²) in [7, 11) is 1.35. The maximum Gasteiger partial charge on any atom is 0.336 e. The van der Waals surface area contributed by atoms with Crippen molar-refractivity contribution in [2.45, 2.75) is 6.04 Å². The Morgan fingerprint density at radius 3 is 2.88 bits per heavy atom. The summed E-state index contributed by atoms with van der Waals surface area (Å²) >= 11 is 0. The molecule has 2 atom stereocenters. The smallest absolute Gasteiger partial charge is 0.336 e. The molecule has 0 saturated carbocycles. The molecule has 0 aliphatic carbocycles. The quantitative estimate of drug-likeness (QED) is 0.412. The second-order valence-electron chi connectivity index (χ2n) is 3.27. The lowest BCUT2D eigenvalue weighted by Crippen LogP contribution is -2.44. The van der Waals surface area contributed by atoms with Crippen LogP contribution in [0.25, 0.3) is 0 Å². The monoisotopic (exact) mass is 223 g/mol. The molecule has 0 aromatic heterocycles. The molecule has 1 rings (SSSR count). The van der Waals surface area contributed by atoms with Crippen LogP contribution in [-0.4, -0.2) is 30.1 Å². The van der Waals surface area contributed by atoms with Crippen LogP contribution in [0.5, 0.6) is 0 Å². The van der Waals surface area contributed by atoms with E-state index >= 15 is 0 Å². The average Bonchev–Trinajstić information content (AvgIpc) is 2.25. The standard InChI is InChI=1S/C11H13NO4/c1-3-7-4-5-9(13)12-10(7)8(6-16-2)11(14)15/h3-7,10H,1H2,2H3,(H,12,13)(H,14,15)/b8-6-. The number of methoxy groups -OCH3 is 1. The van der Waals surface area contributed by atoms with Crippen LogP contribution < -0.4 is 5.32 Å². The van der Waals surface area contributed by atoms with Crippen molar-refractivity contribution < 1.29 is 19.4 Å². The van der Waals surface area contributed by atoms with Crippen LogP contribution >= 0.6 is 0 Å². The van der Waals surface area contributed by atoms with E-state index in [0.29, 0.717) is 0 Å². The topological polar surface area (TPSA) is 75.6 Å².